The van der Waals surface area contributed by atoms with Gasteiger partial charge >= 0.3 is 0 Å². The monoisotopic (exact) mass is 192 g/mol. The number of aryl methyl sites for hydroxylation is 1. The van der Waals surface area contributed by atoms with Crippen LogP contribution in [-0.4, -0.2) is 12.6 Å². The Morgan fingerprint density at radius 3 is 2.79 bits per heavy atom. The van der Waals surface area contributed by atoms with Crippen LogP contribution in [0.2, 0.25) is 0 Å². The predicted octanol–water partition coefficient (Wildman–Crippen LogP) is 2.53. The van der Waals surface area contributed by atoms with Crippen LogP contribution in [0.5, 0.6) is 0 Å². The van der Waals surface area contributed by atoms with Gasteiger partial charge in [-0.05, 0) is 31.0 Å². The van der Waals surface area contributed by atoms with Gasteiger partial charge in [-0.3, -0.25) is 0 Å². The van der Waals surface area contributed by atoms with Crippen molar-refractivity contribution in [3.8, 4) is 0 Å². The maximum absolute atomic E-state index is 5.68. The Labute approximate surface area is 86.5 Å². The number of hydrogen-bond donors (Lipinski definition) is 2. The van der Waals surface area contributed by atoms with E-state index in [1.165, 1.54) is 17.7 Å². The Balaban J connectivity index is 2.57. The molecule has 0 bridgehead atoms. The Bertz CT molecular complexity index is 271. The van der Waals surface area contributed by atoms with Gasteiger partial charge < -0.3 is 11.1 Å². The number of anilines is 1. The third-order valence-electron chi connectivity index (χ3n) is 2.31. The maximum Gasteiger partial charge on any atom is 0.0383 e. The first kappa shape index (κ1) is 11.1. The van der Waals surface area contributed by atoms with E-state index in [2.05, 4.69) is 43.4 Å². The lowest BCUT2D eigenvalue weighted by Crippen LogP contribution is -2.28. The van der Waals surface area contributed by atoms with Crippen molar-refractivity contribution in [3.63, 3.8) is 0 Å². The van der Waals surface area contributed by atoms with Crippen molar-refractivity contribution in [1.29, 1.82) is 0 Å². The summed E-state index contributed by atoms with van der Waals surface area (Å²) < 4.78 is 0. The van der Waals surface area contributed by atoms with Gasteiger partial charge in [0.15, 0.2) is 0 Å². The smallest absolute Gasteiger partial charge is 0.0383 e. The Hall–Kier alpha value is -1.02. The third kappa shape index (κ3) is 3.38. The van der Waals surface area contributed by atoms with Crippen molar-refractivity contribution >= 4 is 5.69 Å². The largest absolute Gasteiger partial charge is 0.381 e. The van der Waals surface area contributed by atoms with Crippen LogP contribution in [0.1, 0.15) is 25.3 Å². The highest BCUT2D eigenvalue weighted by molar-refractivity contribution is 5.46. The molecule has 0 aliphatic heterocycles. The molecule has 14 heavy (non-hydrogen) atoms. The molecule has 0 heterocycles. The number of rotatable bonds is 5. The first-order valence-electron chi connectivity index (χ1n) is 5.29. The molecule has 78 valence electrons. The van der Waals surface area contributed by atoms with Crippen molar-refractivity contribution in [2.75, 3.05) is 11.9 Å². The molecule has 3 N–H and O–H groups in total. The molecule has 2 nitrogen and oxygen atoms in total. The van der Waals surface area contributed by atoms with Gasteiger partial charge in [0.2, 0.25) is 0 Å². The van der Waals surface area contributed by atoms with Crippen LogP contribution in [0, 0.1) is 6.92 Å². The maximum atomic E-state index is 5.68. The molecule has 1 rings (SSSR count). The standard InChI is InChI=1S/C12H20N2/c1-3-5-12(9-13)14-11-7-4-6-10(2)8-11/h4,6-8,12,14H,3,5,9,13H2,1-2H3. The number of nitrogens with two attached hydrogens (primary N) is 1. The molecule has 0 amide bonds. The van der Waals surface area contributed by atoms with E-state index in [0.717, 1.165) is 6.42 Å². The fraction of sp³-hybridized carbons (Fsp3) is 0.500. The Kier molecular flexibility index (Phi) is 4.47. The number of nitrogens with one attached hydrogen (secondary N) is 1. The van der Waals surface area contributed by atoms with Gasteiger partial charge in [0.05, 0.1) is 0 Å². The van der Waals surface area contributed by atoms with Gasteiger partial charge in [-0.2, -0.15) is 0 Å². The lowest BCUT2D eigenvalue weighted by molar-refractivity contribution is 0.648. The van der Waals surface area contributed by atoms with Gasteiger partial charge in [0, 0.05) is 18.3 Å². The van der Waals surface area contributed by atoms with Crippen LogP contribution in [-0.2, 0) is 0 Å². The Morgan fingerprint density at radius 1 is 1.43 bits per heavy atom. The normalized spacial score (nSPS) is 12.5. The minimum atomic E-state index is 0.404. The SMILES string of the molecule is CCCC(CN)Nc1cccc(C)c1. The van der Waals surface area contributed by atoms with Gasteiger partial charge in [-0.25, -0.2) is 0 Å². The second-order valence-corrected chi connectivity index (χ2v) is 3.74. The lowest BCUT2D eigenvalue weighted by atomic mass is 10.1. The van der Waals surface area contributed by atoms with Crippen LogP contribution < -0.4 is 11.1 Å². The van der Waals surface area contributed by atoms with E-state index in [9.17, 15) is 0 Å². The van der Waals surface area contributed by atoms with Crippen molar-refractivity contribution < 1.29 is 0 Å². The average molecular weight is 192 g/mol. The molecular weight excluding hydrogens is 172 g/mol. The van der Waals surface area contributed by atoms with Gasteiger partial charge in [0.1, 0.15) is 0 Å². The van der Waals surface area contributed by atoms with Gasteiger partial charge in [-0.1, -0.05) is 25.5 Å². The molecule has 0 fully saturated rings. The summed E-state index contributed by atoms with van der Waals surface area (Å²) >= 11 is 0. The van der Waals surface area contributed by atoms with E-state index in [1.807, 2.05) is 0 Å². The first-order chi connectivity index (χ1) is 6.76. The summed E-state index contributed by atoms with van der Waals surface area (Å²) in [4.78, 5) is 0. The zero-order chi connectivity index (χ0) is 10.4. The fourth-order valence-electron chi connectivity index (χ4n) is 1.57. The van der Waals surface area contributed by atoms with Crippen molar-refractivity contribution in [1.82, 2.24) is 0 Å². The molecule has 1 aromatic rings. The van der Waals surface area contributed by atoms with Crippen LogP contribution in [0.3, 0.4) is 0 Å². The molecule has 2 heteroatoms. The summed E-state index contributed by atoms with van der Waals surface area (Å²) in [5.74, 6) is 0. The summed E-state index contributed by atoms with van der Waals surface area (Å²) in [5, 5.41) is 3.45. The zero-order valence-electron chi connectivity index (χ0n) is 9.09. The van der Waals surface area contributed by atoms with E-state index in [4.69, 9.17) is 5.73 Å². The second kappa shape index (κ2) is 5.66. The number of hydrogen-bond acceptors (Lipinski definition) is 2. The lowest BCUT2D eigenvalue weighted by Gasteiger charge is -2.17. The molecule has 0 aromatic heterocycles. The van der Waals surface area contributed by atoms with E-state index in [1.54, 1.807) is 0 Å². The van der Waals surface area contributed by atoms with E-state index in [-0.39, 0.29) is 0 Å². The molecular formula is C12H20N2. The van der Waals surface area contributed by atoms with E-state index in [0.29, 0.717) is 12.6 Å². The second-order valence-electron chi connectivity index (χ2n) is 3.74. The minimum absolute atomic E-state index is 0.404. The molecule has 0 aliphatic carbocycles. The fourth-order valence-corrected chi connectivity index (χ4v) is 1.57. The molecule has 0 saturated heterocycles. The Morgan fingerprint density at radius 2 is 2.21 bits per heavy atom. The van der Waals surface area contributed by atoms with Crippen LogP contribution >= 0.6 is 0 Å². The topological polar surface area (TPSA) is 38.0 Å². The molecule has 0 aliphatic rings. The third-order valence-corrected chi connectivity index (χ3v) is 2.31. The van der Waals surface area contributed by atoms with Crippen LogP contribution in [0.15, 0.2) is 24.3 Å². The van der Waals surface area contributed by atoms with Crippen LogP contribution in [0.25, 0.3) is 0 Å². The van der Waals surface area contributed by atoms with Gasteiger partial charge in [-0.15, -0.1) is 0 Å². The first-order valence-corrected chi connectivity index (χ1v) is 5.29. The summed E-state index contributed by atoms with van der Waals surface area (Å²) in [5.41, 5.74) is 8.14. The van der Waals surface area contributed by atoms with Crippen molar-refractivity contribution in [3.05, 3.63) is 29.8 Å². The minimum Gasteiger partial charge on any atom is -0.381 e. The molecule has 1 aromatic carbocycles. The molecule has 1 atom stereocenters. The van der Waals surface area contributed by atoms with Crippen molar-refractivity contribution in [2.45, 2.75) is 32.7 Å². The van der Waals surface area contributed by atoms with Crippen molar-refractivity contribution in [2.24, 2.45) is 5.73 Å². The zero-order valence-corrected chi connectivity index (χ0v) is 9.09. The molecule has 0 saturated carbocycles. The highest BCUT2D eigenvalue weighted by atomic mass is 14.9. The van der Waals surface area contributed by atoms with E-state index >= 15 is 0 Å². The average Bonchev–Trinajstić information content (AvgIpc) is 2.17. The molecule has 1 unspecified atom stereocenters. The molecule has 0 radical (unpaired) electrons. The quantitative estimate of drug-likeness (QED) is 0.752. The highest BCUT2D eigenvalue weighted by Gasteiger charge is 2.04. The predicted molar refractivity (Wildman–Crippen MR) is 62.6 cm³/mol. The van der Waals surface area contributed by atoms with E-state index < -0.39 is 0 Å². The number of benzene rings is 1. The summed E-state index contributed by atoms with van der Waals surface area (Å²) in [6, 6.07) is 8.81. The summed E-state index contributed by atoms with van der Waals surface area (Å²) in [7, 11) is 0. The summed E-state index contributed by atoms with van der Waals surface area (Å²) in [6.45, 7) is 4.98. The van der Waals surface area contributed by atoms with Gasteiger partial charge in [0.25, 0.3) is 0 Å². The molecule has 0 spiro atoms. The summed E-state index contributed by atoms with van der Waals surface area (Å²) in [6.07, 6.45) is 2.30. The van der Waals surface area contributed by atoms with Crippen LogP contribution in [0.4, 0.5) is 5.69 Å². The highest BCUT2D eigenvalue weighted by Crippen LogP contribution is 2.12.